The number of alkyl halides is 1. The number of rotatable bonds is 3. The Bertz CT molecular complexity index is 542. The first-order chi connectivity index (χ1) is 8.86. The number of anilines is 1. The predicted octanol–water partition coefficient (Wildman–Crippen LogP) is 3.08. The second-order valence-corrected chi connectivity index (χ2v) is 6.66. The maximum absolute atomic E-state index is 12.6. The van der Waals surface area contributed by atoms with Crippen molar-refractivity contribution in [2.75, 3.05) is 18.1 Å². The molecule has 5 heteroatoms. The summed E-state index contributed by atoms with van der Waals surface area (Å²) < 4.78 is 12.0. The first-order valence-corrected chi connectivity index (χ1v) is 6.90. The van der Waals surface area contributed by atoms with Gasteiger partial charge in [0.15, 0.2) is 5.78 Å². The van der Waals surface area contributed by atoms with Crippen LogP contribution in [0.5, 0.6) is 0 Å². The second kappa shape index (κ2) is 4.96. The predicted molar refractivity (Wildman–Crippen MR) is 74.7 cm³/mol. The Kier molecular flexibility index (Phi) is 3.67. The molecule has 2 rings (SSSR count). The van der Waals surface area contributed by atoms with Gasteiger partial charge in [0.1, 0.15) is 6.67 Å². The van der Waals surface area contributed by atoms with Crippen molar-refractivity contribution < 1.29 is 14.0 Å². The fourth-order valence-corrected chi connectivity index (χ4v) is 3.31. The van der Waals surface area contributed by atoms with E-state index in [2.05, 4.69) is 0 Å². The molecule has 0 spiro atoms. The molecule has 0 aromatic heterocycles. The monoisotopic (exact) mass is 281 g/mol. The highest BCUT2D eigenvalue weighted by atomic mass is 32.2. The normalized spacial score (nSPS) is 17.3. The van der Waals surface area contributed by atoms with Crippen molar-refractivity contribution in [3.05, 3.63) is 23.8 Å². The summed E-state index contributed by atoms with van der Waals surface area (Å²) in [6.45, 7) is 4.60. The van der Waals surface area contributed by atoms with Gasteiger partial charge in [-0.1, -0.05) is 0 Å². The molecule has 1 aliphatic heterocycles. The van der Waals surface area contributed by atoms with Crippen molar-refractivity contribution in [3.8, 4) is 0 Å². The van der Waals surface area contributed by atoms with E-state index >= 15 is 0 Å². The second-order valence-electron chi connectivity index (χ2n) is 5.00. The van der Waals surface area contributed by atoms with Crippen LogP contribution >= 0.6 is 11.8 Å². The molecular formula is C14H16FNO2S. The van der Waals surface area contributed by atoms with E-state index < -0.39 is 11.4 Å². The van der Waals surface area contributed by atoms with Gasteiger partial charge in [-0.15, -0.1) is 11.8 Å². The zero-order valence-corrected chi connectivity index (χ0v) is 12.0. The Morgan fingerprint density at radius 2 is 2.11 bits per heavy atom. The number of Topliss-reactive ketones (excluding diaryl/α,β-unsaturated/α-hetero) is 1. The van der Waals surface area contributed by atoms with Crippen molar-refractivity contribution >= 4 is 29.1 Å². The Balaban J connectivity index is 2.52. The minimum atomic E-state index is -0.641. The molecule has 0 unspecified atom stereocenters. The smallest absolute Gasteiger partial charge is 0.243 e. The number of carbonyl (C=O) groups excluding carboxylic acids is 2. The van der Waals surface area contributed by atoms with Gasteiger partial charge in [-0.3, -0.25) is 9.59 Å². The number of amides is 1. The van der Waals surface area contributed by atoms with E-state index in [1.165, 1.54) is 23.6 Å². The van der Waals surface area contributed by atoms with Crippen LogP contribution in [0.25, 0.3) is 0 Å². The third-order valence-electron chi connectivity index (χ3n) is 3.09. The number of carbonyl (C=O) groups is 2. The van der Waals surface area contributed by atoms with E-state index in [0.29, 0.717) is 11.3 Å². The van der Waals surface area contributed by atoms with Gasteiger partial charge in [0.2, 0.25) is 5.91 Å². The molecule has 1 aromatic rings. The highest BCUT2D eigenvalue weighted by Gasteiger charge is 2.39. The van der Waals surface area contributed by atoms with Crippen molar-refractivity contribution in [2.45, 2.75) is 30.4 Å². The van der Waals surface area contributed by atoms with Crippen LogP contribution in [0, 0.1) is 0 Å². The SMILES string of the molecule is CC(=O)c1ccc2c(c1)SC(C)(C)C(=O)N2CCF. The largest absolute Gasteiger partial charge is 0.307 e. The maximum atomic E-state index is 12.6. The molecule has 0 saturated heterocycles. The summed E-state index contributed by atoms with van der Waals surface area (Å²) in [4.78, 5) is 26.0. The molecule has 0 saturated carbocycles. The average Bonchev–Trinajstić information content (AvgIpc) is 2.33. The number of thioether (sulfide) groups is 1. The van der Waals surface area contributed by atoms with Crippen molar-refractivity contribution in [1.29, 1.82) is 0 Å². The molecular weight excluding hydrogens is 265 g/mol. The first kappa shape index (κ1) is 14.1. The fraction of sp³-hybridized carbons (Fsp3) is 0.429. The van der Waals surface area contributed by atoms with Crippen LogP contribution in [0.15, 0.2) is 23.1 Å². The van der Waals surface area contributed by atoms with Crippen LogP contribution in [0.4, 0.5) is 10.1 Å². The van der Waals surface area contributed by atoms with E-state index in [1.807, 2.05) is 13.8 Å². The van der Waals surface area contributed by atoms with Gasteiger partial charge >= 0.3 is 0 Å². The van der Waals surface area contributed by atoms with Gasteiger partial charge in [-0.2, -0.15) is 0 Å². The molecule has 1 amide bonds. The van der Waals surface area contributed by atoms with Gasteiger partial charge in [0.25, 0.3) is 0 Å². The van der Waals surface area contributed by atoms with Gasteiger partial charge in [0, 0.05) is 10.5 Å². The van der Waals surface area contributed by atoms with Crippen molar-refractivity contribution in [3.63, 3.8) is 0 Å². The Labute approximate surface area is 116 Å². The summed E-state index contributed by atoms with van der Waals surface area (Å²) in [5.41, 5.74) is 1.30. The molecule has 1 heterocycles. The minimum absolute atomic E-state index is 0.0184. The molecule has 0 N–H and O–H groups in total. The zero-order chi connectivity index (χ0) is 14.2. The number of hydrogen-bond acceptors (Lipinski definition) is 3. The standard InChI is InChI=1S/C14H16FNO2S/c1-9(17)10-4-5-11-12(8-10)19-14(2,3)13(18)16(11)7-6-15/h4-5,8H,6-7H2,1-3H3. The van der Waals surface area contributed by atoms with Crippen LogP contribution < -0.4 is 4.90 Å². The summed E-state index contributed by atoms with van der Waals surface area (Å²) in [6.07, 6.45) is 0. The Morgan fingerprint density at radius 1 is 1.42 bits per heavy atom. The number of nitrogens with zero attached hydrogens (tertiary/aromatic N) is 1. The summed E-state index contributed by atoms with van der Waals surface area (Å²) in [5, 5.41) is 0. The van der Waals surface area contributed by atoms with Crippen molar-refractivity contribution in [1.82, 2.24) is 0 Å². The third-order valence-corrected chi connectivity index (χ3v) is 4.32. The highest BCUT2D eigenvalue weighted by Crippen LogP contribution is 2.45. The van der Waals surface area contributed by atoms with Gasteiger partial charge in [0.05, 0.1) is 17.0 Å². The van der Waals surface area contributed by atoms with Crippen LogP contribution in [-0.4, -0.2) is 29.7 Å². The molecule has 1 aliphatic rings. The average molecular weight is 281 g/mol. The molecule has 0 atom stereocenters. The van der Waals surface area contributed by atoms with Crippen LogP contribution in [0.3, 0.4) is 0 Å². The van der Waals surface area contributed by atoms with E-state index in [9.17, 15) is 14.0 Å². The summed E-state index contributed by atoms with van der Waals surface area (Å²) in [6, 6.07) is 5.18. The van der Waals surface area contributed by atoms with E-state index in [0.717, 1.165) is 4.90 Å². The Morgan fingerprint density at radius 3 is 2.68 bits per heavy atom. The van der Waals surface area contributed by atoms with Crippen LogP contribution in [0.2, 0.25) is 0 Å². The fourth-order valence-electron chi connectivity index (χ4n) is 2.10. The van der Waals surface area contributed by atoms with Gasteiger partial charge < -0.3 is 4.90 Å². The third kappa shape index (κ3) is 2.52. The number of ketones is 1. The Hall–Kier alpha value is -1.36. The summed E-state index contributed by atoms with van der Waals surface area (Å²) in [7, 11) is 0. The number of halogens is 1. The molecule has 0 bridgehead atoms. The van der Waals surface area contributed by atoms with Crippen molar-refractivity contribution in [2.24, 2.45) is 0 Å². The lowest BCUT2D eigenvalue weighted by atomic mass is 10.1. The summed E-state index contributed by atoms with van der Waals surface area (Å²) >= 11 is 1.42. The summed E-state index contributed by atoms with van der Waals surface area (Å²) in [5.74, 6) is -0.117. The number of benzene rings is 1. The molecule has 0 fully saturated rings. The lowest BCUT2D eigenvalue weighted by Gasteiger charge is -2.37. The van der Waals surface area contributed by atoms with Gasteiger partial charge in [-0.05, 0) is 39.0 Å². The minimum Gasteiger partial charge on any atom is -0.307 e. The van der Waals surface area contributed by atoms with E-state index in [4.69, 9.17) is 0 Å². The molecule has 1 aromatic carbocycles. The molecule has 3 nitrogen and oxygen atoms in total. The van der Waals surface area contributed by atoms with Crippen LogP contribution in [-0.2, 0) is 4.79 Å². The topological polar surface area (TPSA) is 37.4 Å². The lowest BCUT2D eigenvalue weighted by Crippen LogP contribution is -2.47. The zero-order valence-electron chi connectivity index (χ0n) is 11.2. The molecule has 0 aliphatic carbocycles. The molecule has 19 heavy (non-hydrogen) atoms. The van der Waals surface area contributed by atoms with E-state index in [-0.39, 0.29) is 18.2 Å². The molecule has 102 valence electrons. The quantitative estimate of drug-likeness (QED) is 0.799. The number of hydrogen-bond donors (Lipinski definition) is 0. The first-order valence-electron chi connectivity index (χ1n) is 6.09. The highest BCUT2D eigenvalue weighted by molar-refractivity contribution is 8.01. The number of fused-ring (bicyclic) bond motifs is 1. The van der Waals surface area contributed by atoms with Crippen LogP contribution in [0.1, 0.15) is 31.1 Å². The molecule has 0 radical (unpaired) electrons. The lowest BCUT2D eigenvalue weighted by molar-refractivity contribution is -0.120. The maximum Gasteiger partial charge on any atom is 0.243 e. The van der Waals surface area contributed by atoms with Gasteiger partial charge in [-0.25, -0.2) is 4.39 Å². The van der Waals surface area contributed by atoms with E-state index in [1.54, 1.807) is 18.2 Å².